The molecular weight excluding hydrogens is 220 g/mol. The smallest absolute Gasteiger partial charge is 0.120 e. The third-order valence-corrected chi connectivity index (χ3v) is 2.95. The van der Waals surface area contributed by atoms with Crippen LogP contribution in [0.3, 0.4) is 0 Å². The van der Waals surface area contributed by atoms with Gasteiger partial charge in [-0.1, -0.05) is 48.0 Å². The Morgan fingerprint density at radius 2 is 1.62 bits per heavy atom. The maximum atomic E-state index is 9.68. The van der Waals surface area contributed by atoms with Gasteiger partial charge in [-0.05, 0) is 30.5 Å². The Bertz CT molecular complexity index is 445. The molecule has 2 aromatic carbocycles. The molecule has 0 amide bonds. The lowest BCUT2D eigenvalue weighted by molar-refractivity contribution is 0.468. The molecule has 2 rings (SSSR count). The average Bonchev–Trinajstić information content (AvgIpc) is 2.30. The second kappa shape index (κ2) is 5.04. The fourth-order valence-electron chi connectivity index (χ4n) is 1.71. The van der Waals surface area contributed by atoms with Crippen LogP contribution in [0.15, 0.2) is 48.5 Å². The second-order valence-corrected chi connectivity index (χ2v) is 4.13. The Morgan fingerprint density at radius 1 is 0.875 bits per heavy atom. The van der Waals surface area contributed by atoms with Crippen LogP contribution >= 0.6 is 11.6 Å². The van der Waals surface area contributed by atoms with Crippen molar-refractivity contribution in [3.05, 3.63) is 64.7 Å². The van der Waals surface area contributed by atoms with Gasteiger partial charge in [0.1, 0.15) is 5.75 Å². The van der Waals surface area contributed by atoms with Gasteiger partial charge in [-0.15, -0.1) is 0 Å². The third kappa shape index (κ3) is 2.56. The maximum absolute atomic E-state index is 9.68. The molecule has 16 heavy (non-hydrogen) atoms. The molecule has 0 aromatic heterocycles. The van der Waals surface area contributed by atoms with Crippen LogP contribution in [0.25, 0.3) is 0 Å². The van der Waals surface area contributed by atoms with Crippen molar-refractivity contribution >= 4 is 11.6 Å². The summed E-state index contributed by atoms with van der Waals surface area (Å²) in [7, 11) is 0. The first-order chi connectivity index (χ1) is 7.77. The van der Waals surface area contributed by atoms with E-state index in [0.717, 1.165) is 18.4 Å². The molecule has 1 nitrogen and oxygen atoms in total. The highest BCUT2D eigenvalue weighted by Gasteiger charge is 2.05. The Balaban J connectivity index is 2.11. The zero-order chi connectivity index (χ0) is 11.4. The monoisotopic (exact) mass is 232 g/mol. The summed E-state index contributed by atoms with van der Waals surface area (Å²) < 4.78 is 0. The fourth-order valence-corrected chi connectivity index (χ4v) is 1.97. The van der Waals surface area contributed by atoms with Crippen molar-refractivity contribution in [1.82, 2.24) is 0 Å². The van der Waals surface area contributed by atoms with Crippen LogP contribution in [0, 0.1) is 0 Å². The van der Waals surface area contributed by atoms with Crippen molar-refractivity contribution in [2.24, 2.45) is 0 Å². The van der Waals surface area contributed by atoms with E-state index in [0.29, 0.717) is 5.02 Å². The number of hydrogen-bond donors (Lipinski definition) is 1. The van der Waals surface area contributed by atoms with Gasteiger partial charge in [0.2, 0.25) is 0 Å². The summed E-state index contributed by atoms with van der Waals surface area (Å²) in [6.07, 6.45) is 1.65. The van der Waals surface area contributed by atoms with Crippen molar-refractivity contribution in [3.63, 3.8) is 0 Å². The molecule has 1 N–H and O–H groups in total. The summed E-state index contributed by atoms with van der Waals surface area (Å²) in [5, 5.41) is 10.3. The van der Waals surface area contributed by atoms with Crippen molar-refractivity contribution in [2.45, 2.75) is 12.8 Å². The number of hydrogen-bond acceptors (Lipinski definition) is 1. The summed E-state index contributed by atoms with van der Waals surface area (Å²) in [6, 6.07) is 15.4. The van der Waals surface area contributed by atoms with Gasteiger partial charge >= 0.3 is 0 Å². The van der Waals surface area contributed by atoms with Crippen molar-refractivity contribution in [1.29, 1.82) is 0 Å². The highest BCUT2D eigenvalue weighted by Crippen LogP contribution is 2.26. The Kier molecular flexibility index (Phi) is 3.47. The summed E-state index contributed by atoms with van der Waals surface area (Å²) in [5.74, 6) is 0.281. The second-order valence-electron chi connectivity index (χ2n) is 3.72. The van der Waals surface area contributed by atoms with Crippen molar-refractivity contribution < 1.29 is 5.11 Å². The summed E-state index contributed by atoms with van der Waals surface area (Å²) in [4.78, 5) is 0. The van der Waals surface area contributed by atoms with Crippen molar-refractivity contribution in [3.8, 4) is 5.75 Å². The number of phenols is 1. The van der Waals surface area contributed by atoms with Crippen LogP contribution in [-0.2, 0) is 12.8 Å². The summed E-state index contributed by atoms with van der Waals surface area (Å²) >= 11 is 6.04. The zero-order valence-corrected chi connectivity index (χ0v) is 9.61. The van der Waals surface area contributed by atoms with Gasteiger partial charge in [0.05, 0.1) is 0 Å². The highest BCUT2D eigenvalue weighted by molar-refractivity contribution is 6.31. The predicted molar refractivity (Wildman–Crippen MR) is 67.0 cm³/mol. The highest BCUT2D eigenvalue weighted by atomic mass is 35.5. The Labute approximate surface area is 100 Å². The van der Waals surface area contributed by atoms with E-state index in [9.17, 15) is 5.11 Å². The molecule has 0 aliphatic carbocycles. The van der Waals surface area contributed by atoms with E-state index in [1.165, 1.54) is 5.56 Å². The predicted octanol–water partition coefficient (Wildman–Crippen LogP) is 3.83. The molecule has 0 saturated heterocycles. The number of benzene rings is 2. The van der Waals surface area contributed by atoms with Gasteiger partial charge in [-0.3, -0.25) is 0 Å². The lowest BCUT2D eigenvalue weighted by Gasteiger charge is -2.06. The van der Waals surface area contributed by atoms with Gasteiger partial charge in [-0.2, -0.15) is 0 Å². The Morgan fingerprint density at radius 3 is 2.31 bits per heavy atom. The molecule has 0 spiro atoms. The first-order valence-corrected chi connectivity index (χ1v) is 5.65. The van der Waals surface area contributed by atoms with E-state index in [1.54, 1.807) is 12.1 Å². The summed E-state index contributed by atoms with van der Waals surface area (Å²) in [5.41, 5.74) is 2.08. The summed E-state index contributed by atoms with van der Waals surface area (Å²) in [6.45, 7) is 0. The Hall–Kier alpha value is -1.47. The largest absolute Gasteiger partial charge is 0.508 e. The lowest BCUT2D eigenvalue weighted by atomic mass is 10.0. The lowest BCUT2D eigenvalue weighted by Crippen LogP contribution is -1.92. The van der Waals surface area contributed by atoms with E-state index in [-0.39, 0.29) is 5.75 Å². The van der Waals surface area contributed by atoms with Crippen LogP contribution in [0.4, 0.5) is 0 Å². The standard InChI is InChI=1S/C14H13ClO/c15-13-7-4-8-14(16)12(13)10-9-11-5-2-1-3-6-11/h1-8,16H,9-10H2. The van der Waals surface area contributed by atoms with E-state index >= 15 is 0 Å². The molecule has 82 valence electrons. The van der Waals surface area contributed by atoms with E-state index in [1.807, 2.05) is 24.3 Å². The van der Waals surface area contributed by atoms with Gasteiger partial charge in [-0.25, -0.2) is 0 Å². The molecule has 0 atom stereocenters. The SMILES string of the molecule is Oc1cccc(Cl)c1CCc1ccccc1. The first kappa shape index (κ1) is 11.0. The minimum absolute atomic E-state index is 0.281. The quantitative estimate of drug-likeness (QED) is 0.853. The van der Waals surface area contributed by atoms with Gasteiger partial charge in [0.25, 0.3) is 0 Å². The van der Waals surface area contributed by atoms with Crippen LogP contribution in [0.1, 0.15) is 11.1 Å². The number of aromatic hydroxyl groups is 1. The van der Waals surface area contributed by atoms with Gasteiger partial charge < -0.3 is 5.11 Å². The molecule has 0 saturated carbocycles. The molecule has 2 aromatic rings. The normalized spacial score (nSPS) is 10.3. The molecule has 0 aliphatic heterocycles. The van der Waals surface area contributed by atoms with E-state index in [2.05, 4.69) is 12.1 Å². The van der Waals surface area contributed by atoms with Crippen LogP contribution in [-0.4, -0.2) is 5.11 Å². The first-order valence-electron chi connectivity index (χ1n) is 5.27. The molecule has 0 radical (unpaired) electrons. The molecule has 0 unspecified atom stereocenters. The molecule has 0 heterocycles. The maximum Gasteiger partial charge on any atom is 0.120 e. The van der Waals surface area contributed by atoms with Gasteiger partial charge in [0.15, 0.2) is 0 Å². The zero-order valence-electron chi connectivity index (χ0n) is 8.86. The minimum atomic E-state index is 0.281. The molecule has 0 aliphatic rings. The van der Waals surface area contributed by atoms with Gasteiger partial charge in [0, 0.05) is 10.6 Å². The van der Waals surface area contributed by atoms with Crippen molar-refractivity contribution in [2.75, 3.05) is 0 Å². The molecule has 0 fully saturated rings. The number of phenolic OH excluding ortho intramolecular Hbond substituents is 1. The van der Waals surface area contributed by atoms with E-state index in [4.69, 9.17) is 11.6 Å². The molecule has 0 bridgehead atoms. The minimum Gasteiger partial charge on any atom is -0.508 e. The fraction of sp³-hybridized carbons (Fsp3) is 0.143. The van der Waals surface area contributed by atoms with Crippen LogP contribution in [0.2, 0.25) is 5.02 Å². The average molecular weight is 233 g/mol. The molecule has 2 heteroatoms. The topological polar surface area (TPSA) is 20.2 Å². The molecular formula is C14H13ClO. The van der Waals surface area contributed by atoms with Crippen LogP contribution < -0.4 is 0 Å². The third-order valence-electron chi connectivity index (χ3n) is 2.60. The number of halogens is 1. The number of rotatable bonds is 3. The van der Waals surface area contributed by atoms with E-state index < -0.39 is 0 Å². The number of aryl methyl sites for hydroxylation is 1. The van der Waals surface area contributed by atoms with Crippen LogP contribution in [0.5, 0.6) is 5.75 Å².